The number of aliphatic hydroxyl groups excluding tert-OH is 1. The Morgan fingerprint density at radius 1 is 1.30 bits per heavy atom. The van der Waals surface area contributed by atoms with Crippen molar-refractivity contribution in [1.82, 2.24) is 4.72 Å². The summed E-state index contributed by atoms with van der Waals surface area (Å²) in [6.45, 7) is 5.80. The molecule has 1 aromatic carbocycles. The highest BCUT2D eigenvalue weighted by Crippen LogP contribution is 2.27. The van der Waals surface area contributed by atoms with Gasteiger partial charge in [-0.05, 0) is 55.5 Å². The zero-order valence-corrected chi connectivity index (χ0v) is 15.0. The van der Waals surface area contributed by atoms with Crippen LogP contribution in [0.15, 0.2) is 34.5 Å². The molecule has 0 radical (unpaired) electrons. The standard InChI is InChI=1S/C16H21NO4S2/c1-4-21-14-6-5-11(2)9-15(14)23(19,20)17-10-13(18)16-12(3)7-8-22-16/h5-9,13,17-18H,4,10H2,1-3H3. The van der Waals surface area contributed by atoms with Crippen molar-refractivity contribution in [3.05, 3.63) is 45.6 Å². The first-order valence-electron chi connectivity index (χ1n) is 7.30. The van der Waals surface area contributed by atoms with E-state index < -0.39 is 16.1 Å². The Balaban J connectivity index is 2.19. The third-order valence-corrected chi connectivity index (χ3v) is 5.92. The van der Waals surface area contributed by atoms with Gasteiger partial charge in [0.1, 0.15) is 16.7 Å². The minimum Gasteiger partial charge on any atom is -0.492 e. The molecule has 0 aliphatic carbocycles. The van der Waals surface area contributed by atoms with Crippen LogP contribution in [0.2, 0.25) is 0 Å². The first-order chi connectivity index (χ1) is 10.8. The van der Waals surface area contributed by atoms with E-state index in [0.717, 1.165) is 16.0 Å². The van der Waals surface area contributed by atoms with Crippen LogP contribution in [0.4, 0.5) is 0 Å². The Labute approximate surface area is 141 Å². The van der Waals surface area contributed by atoms with Crippen molar-refractivity contribution < 1.29 is 18.3 Å². The molecule has 2 N–H and O–H groups in total. The second kappa shape index (κ2) is 7.44. The molecule has 7 heteroatoms. The van der Waals surface area contributed by atoms with Gasteiger partial charge in [-0.1, -0.05) is 6.07 Å². The van der Waals surface area contributed by atoms with Crippen LogP contribution in [0, 0.1) is 13.8 Å². The van der Waals surface area contributed by atoms with Crippen molar-refractivity contribution in [2.45, 2.75) is 31.8 Å². The maximum atomic E-state index is 12.5. The molecule has 2 rings (SSSR count). The van der Waals surface area contributed by atoms with Gasteiger partial charge in [-0.3, -0.25) is 0 Å². The predicted molar refractivity (Wildman–Crippen MR) is 91.6 cm³/mol. The summed E-state index contributed by atoms with van der Waals surface area (Å²) in [7, 11) is -3.76. The van der Waals surface area contributed by atoms with Gasteiger partial charge in [0, 0.05) is 11.4 Å². The molecule has 0 aliphatic heterocycles. The fourth-order valence-corrected chi connectivity index (χ4v) is 4.36. The van der Waals surface area contributed by atoms with Gasteiger partial charge in [0.2, 0.25) is 10.0 Å². The first-order valence-corrected chi connectivity index (χ1v) is 9.66. The van der Waals surface area contributed by atoms with E-state index in [0.29, 0.717) is 12.4 Å². The summed E-state index contributed by atoms with van der Waals surface area (Å²) >= 11 is 1.41. The Hall–Kier alpha value is -1.41. The van der Waals surface area contributed by atoms with E-state index in [-0.39, 0.29) is 11.4 Å². The molecule has 1 aromatic heterocycles. The molecule has 0 fully saturated rings. The van der Waals surface area contributed by atoms with Crippen LogP contribution in [0.25, 0.3) is 0 Å². The van der Waals surface area contributed by atoms with Gasteiger partial charge >= 0.3 is 0 Å². The summed E-state index contributed by atoms with van der Waals surface area (Å²) in [6.07, 6.45) is -0.870. The topological polar surface area (TPSA) is 75.6 Å². The van der Waals surface area contributed by atoms with E-state index in [2.05, 4.69) is 4.72 Å². The number of hydrogen-bond acceptors (Lipinski definition) is 5. The van der Waals surface area contributed by atoms with Gasteiger partial charge in [-0.15, -0.1) is 11.3 Å². The molecular weight excluding hydrogens is 334 g/mol. The molecule has 1 atom stereocenters. The summed E-state index contributed by atoms with van der Waals surface area (Å²) in [4.78, 5) is 0.858. The van der Waals surface area contributed by atoms with Crippen LogP contribution in [0.1, 0.15) is 29.0 Å². The van der Waals surface area contributed by atoms with Crippen molar-refractivity contribution in [3.63, 3.8) is 0 Å². The van der Waals surface area contributed by atoms with Crippen molar-refractivity contribution >= 4 is 21.4 Å². The summed E-state index contributed by atoms with van der Waals surface area (Å²) in [5, 5.41) is 12.1. The lowest BCUT2D eigenvalue weighted by Crippen LogP contribution is -2.29. The van der Waals surface area contributed by atoms with Crippen LogP contribution >= 0.6 is 11.3 Å². The number of thiophene rings is 1. The van der Waals surface area contributed by atoms with Gasteiger partial charge < -0.3 is 9.84 Å². The van der Waals surface area contributed by atoms with Crippen LogP contribution in [-0.4, -0.2) is 26.7 Å². The normalized spacial score (nSPS) is 13.0. The van der Waals surface area contributed by atoms with E-state index in [4.69, 9.17) is 4.74 Å². The van der Waals surface area contributed by atoms with E-state index in [1.165, 1.54) is 11.3 Å². The van der Waals surface area contributed by atoms with Crippen LogP contribution in [-0.2, 0) is 10.0 Å². The van der Waals surface area contributed by atoms with Crippen LogP contribution in [0.5, 0.6) is 5.75 Å². The minimum atomic E-state index is -3.76. The van der Waals surface area contributed by atoms with Gasteiger partial charge in [-0.25, -0.2) is 13.1 Å². The smallest absolute Gasteiger partial charge is 0.244 e. The van der Waals surface area contributed by atoms with Gasteiger partial charge in [0.15, 0.2) is 0 Å². The molecular formula is C16H21NO4S2. The molecule has 126 valence electrons. The molecule has 2 aromatic rings. The molecule has 0 bridgehead atoms. The predicted octanol–water partition coefficient (Wildman–Crippen LogP) is 2.78. The fourth-order valence-electron chi connectivity index (χ4n) is 2.18. The number of aryl methyl sites for hydroxylation is 2. The number of nitrogens with one attached hydrogen (secondary N) is 1. The molecule has 5 nitrogen and oxygen atoms in total. The second-order valence-electron chi connectivity index (χ2n) is 5.22. The van der Waals surface area contributed by atoms with Gasteiger partial charge in [0.25, 0.3) is 0 Å². The highest BCUT2D eigenvalue weighted by molar-refractivity contribution is 7.89. The summed E-state index contributed by atoms with van der Waals surface area (Å²) in [6, 6.07) is 6.91. The van der Waals surface area contributed by atoms with Crippen molar-refractivity contribution in [3.8, 4) is 5.75 Å². The molecule has 1 unspecified atom stereocenters. The van der Waals surface area contributed by atoms with Crippen LogP contribution < -0.4 is 9.46 Å². The van der Waals surface area contributed by atoms with E-state index in [9.17, 15) is 13.5 Å². The maximum Gasteiger partial charge on any atom is 0.244 e. The molecule has 0 saturated carbocycles. The Bertz CT molecular complexity index is 768. The lowest BCUT2D eigenvalue weighted by Gasteiger charge is -2.15. The third kappa shape index (κ3) is 4.32. The molecule has 0 saturated heterocycles. The van der Waals surface area contributed by atoms with Gasteiger partial charge in [0.05, 0.1) is 6.61 Å². The number of rotatable bonds is 7. The monoisotopic (exact) mass is 355 g/mol. The van der Waals surface area contributed by atoms with E-state index in [1.807, 2.05) is 25.3 Å². The van der Waals surface area contributed by atoms with Crippen molar-refractivity contribution in [2.75, 3.05) is 13.2 Å². The summed E-state index contributed by atoms with van der Waals surface area (Å²) < 4.78 is 32.9. The first kappa shape index (κ1) is 17.9. The average molecular weight is 355 g/mol. The maximum absolute atomic E-state index is 12.5. The molecule has 0 spiro atoms. The second-order valence-corrected chi connectivity index (χ2v) is 7.90. The van der Waals surface area contributed by atoms with E-state index in [1.54, 1.807) is 25.1 Å². The molecule has 0 amide bonds. The van der Waals surface area contributed by atoms with Crippen molar-refractivity contribution in [2.24, 2.45) is 0 Å². The average Bonchev–Trinajstić information content (AvgIpc) is 2.93. The Morgan fingerprint density at radius 3 is 2.65 bits per heavy atom. The number of aliphatic hydroxyl groups is 1. The quantitative estimate of drug-likeness (QED) is 0.801. The lowest BCUT2D eigenvalue weighted by molar-refractivity contribution is 0.185. The third-order valence-electron chi connectivity index (χ3n) is 3.36. The number of sulfonamides is 1. The number of hydrogen-bond donors (Lipinski definition) is 2. The summed E-state index contributed by atoms with van der Waals surface area (Å²) in [5.74, 6) is 0.312. The van der Waals surface area contributed by atoms with Crippen molar-refractivity contribution in [1.29, 1.82) is 0 Å². The minimum absolute atomic E-state index is 0.0802. The Morgan fingerprint density at radius 2 is 2.04 bits per heavy atom. The fraction of sp³-hybridized carbons (Fsp3) is 0.375. The molecule has 23 heavy (non-hydrogen) atoms. The lowest BCUT2D eigenvalue weighted by atomic mass is 10.2. The Kier molecular flexibility index (Phi) is 5.80. The number of ether oxygens (including phenoxy) is 1. The highest BCUT2D eigenvalue weighted by Gasteiger charge is 2.22. The van der Waals surface area contributed by atoms with Crippen LogP contribution in [0.3, 0.4) is 0 Å². The molecule has 1 heterocycles. The number of benzene rings is 1. The zero-order chi connectivity index (χ0) is 17.0. The molecule has 0 aliphatic rings. The summed E-state index contributed by atoms with van der Waals surface area (Å²) in [5.41, 5.74) is 1.77. The van der Waals surface area contributed by atoms with E-state index >= 15 is 0 Å². The largest absolute Gasteiger partial charge is 0.492 e. The highest BCUT2D eigenvalue weighted by atomic mass is 32.2. The van der Waals surface area contributed by atoms with Gasteiger partial charge in [-0.2, -0.15) is 0 Å². The SMILES string of the molecule is CCOc1ccc(C)cc1S(=O)(=O)NCC(O)c1sccc1C. The zero-order valence-electron chi connectivity index (χ0n) is 13.4.